The molecule has 0 saturated heterocycles. The highest BCUT2D eigenvalue weighted by Crippen LogP contribution is 2.32. The summed E-state index contributed by atoms with van der Waals surface area (Å²) in [6.07, 6.45) is 7.98. The third-order valence-corrected chi connectivity index (χ3v) is 8.24. The molecule has 2 aromatic carbocycles. The van der Waals surface area contributed by atoms with E-state index in [2.05, 4.69) is 75.2 Å². The van der Waals surface area contributed by atoms with E-state index in [-0.39, 0.29) is 17.6 Å². The number of carbonyl (C=O) groups is 1. The number of hydrogen-bond acceptors (Lipinski definition) is 4. The lowest BCUT2D eigenvalue weighted by Crippen LogP contribution is -2.32. The van der Waals surface area contributed by atoms with Crippen LogP contribution in [0.4, 0.5) is 0 Å². The molecule has 2 atom stereocenters. The molecule has 0 radical (unpaired) electrons. The van der Waals surface area contributed by atoms with Gasteiger partial charge in [-0.2, -0.15) is 0 Å². The van der Waals surface area contributed by atoms with Crippen molar-refractivity contribution in [3.05, 3.63) is 59.2 Å². The molecule has 2 aromatic rings. The van der Waals surface area contributed by atoms with Crippen molar-refractivity contribution in [3.63, 3.8) is 0 Å². The molecule has 34 heavy (non-hydrogen) atoms. The molecule has 0 N–H and O–H groups in total. The molecule has 184 valence electrons. The maximum Gasteiger partial charge on any atom is 0.163 e. The van der Waals surface area contributed by atoms with E-state index < -0.39 is 0 Å². The largest absolute Gasteiger partial charge is 0.490 e. The van der Waals surface area contributed by atoms with Crippen molar-refractivity contribution in [2.45, 2.75) is 78.3 Å². The normalized spacial score (nSPS) is 16.3. The topological polar surface area (TPSA) is 29.5 Å². The summed E-state index contributed by atoms with van der Waals surface area (Å²) in [5, 5.41) is 0.583. The van der Waals surface area contributed by atoms with Crippen LogP contribution in [0.2, 0.25) is 0 Å². The molecule has 0 amide bonds. The Morgan fingerprint density at radius 3 is 2.47 bits per heavy atom. The van der Waals surface area contributed by atoms with E-state index in [9.17, 15) is 4.79 Å². The molecule has 0 spiro atoms. The monoisotopic (exact) mass is 479 g/mol. The molecule has 3 nitrogen and oxygen atoms in total. The maximum atomic E-state index is 13.6. The maximum absolute atomic E-state index is 13.6. The molecule has 1 aliphatic rings. The summed E-state index contributed by atoms with van der Waals surface area (Å²) in [5.74, 6) is 0.420. The molecule has 3 rings (SSSR count). The van der Waals surface area contributed by atoms with Gasteiger partial charge in [0, 0.05) is 30.5 Å². The van der Waals surface area contributed by atoms with Gasteiger partial charge in [0.1, 0.15) is 0 Å². The van der Waals surface area contributed by atoms with Crippen LogP contribution in [0.3, 0.4) is 0 Å². The first-order valence-corrected chi connectivity index (χ1v) is 13.3. The molecule has 2 unspecified atom stereocenters. The van der Waals surface area contributed by atoms with Crippen molar-refractivity contribution < 1.29 is 9.53 Å². The highest BCUT2D eigenvalue weighted by Gasteiger charge is 2.25. The molecule has 1 saturated carbocycles. The van der Waals surface area contributed by atoms with Crippen molar-refractivity contribution in [1.82, 2.24) is 4.90 Å². The zero-order valence-corrected chi connectivity index (χ0v) is 22.4. The van der Waals surface area contributed by atoms with E-state index in [0.29, 0.717) is 17.5 Å². The fraction of sp³-hybridized carbons (Fsp3) is 0.533. The Labute approximate surface area is 211 Å². The Morgan fingerprint density at radius 2 is 1.82 bits per heavy atom. The lowest BCUT2D eigenvalue weighted by molar-refractivity contribution is 0.0951. The zero-order valence-electron chi connectivity index (χ0n) is 21.6. The molecule has 1 aliphatic carbocycles. The number of ether oxygens (including phenoxy) is 1. The summed E-state index contributed by atoms with van der Waals surface area (Å²) in [6, 6.07) is 15.5. The lowest BCUT2D eigenvalue weighted by atomic mass is 9.84. The minimum Gasteiger partial charge on any atom is -0.490 e. The fourth-order valence-electron chi connectivity index (χ4n) is 5.37. The Kier molecular flexibility index (Phi) is 9.85. The van der Waals surface area contributed by atoms with E-state index >= 15 is 0 Å². The highest BCUT2D eigenvalue weighted by molar-refractivity contribution is 7.80. The fourth-order valence-corrected chi connectivity index (χ4v) is 5.56. The summed E-state index contributed by atoms with van der Waals surface area (Å²) in [6.45, 7) is 7.23. The van der Waals surface area contributed by atoms with Crippen molar-refractivity contribution in [1.29, 1.82) is 0 Å². The smallest absolute Gasteiger partial charge is 0.163 e. The van der Waals surface area contributed by atoms with E-state index in [4.69, 9.17) is 17.0 Å². The van der Waals surface area contributed by atoms with Gasteiger partial charge in [-0.25, -0.2) is 0 Å². The van der Waals surface area contributed by atoms with Gasteiger partial charge in [-0.05, 0) is 73.3 Å². The van der Waals surface area contributed by atoms with Gasteiger partial charge in [0.25, 0.3) is 0 Å². The minimum atomic E-state index is 0.0688. The second-order valence-electron chi connectivity index (χ2n) is 10.0. The summed E-state index contributed by atoms with van der Waals surface area (Å²) in [4.78, 5) is 16.1. The third-order valence-electron chi connectivity index (χ3n) is 7.70. The molecule has 0 bridgehead atoms. The molecular formula is C30H41NO2S. The molecule has 4 heteroatoms. The van der Waals surface area contributed by atoms with Gasteiger partial charge in [0.05, 0.1) is 7.11 Å². The van der Waals surface area contributed by atoms with Gasteiger partial charge in [0.2, 0.25) is 0 Å². The second kappa shape index (κ2) is 12.6. The van der Waals surface area contributed by atoms with E-state index in [0.717, 1.165) is 29.7 Å². The summed E-state index contributed by atoms with van der Waals surface area (Å²) < 4.78 is 5.31. The number of ketones is 1. The van der Waals surface area contributed by atoms with Crippen molar-refractivity contribution >= 4 is 23.1 Å². The first-order valence-electron chi connectivity index (χ1n) is 12.9. The Morgan fingerprint density at radius 1 is 1.12 bits per heavy atom. The van der Waals surface area contributed by atoms with Gasteiger partial charge in [-0.1, -0.05) is 75.9 Å². The number of hydrogen-bond donors (Lipinski definition) is 0. The second-order valence-corrected chi connectivity index (χ2v) is 10.4. The standard InChI is InChI=1S/C30H41NO2S/c1-6-24(22(3)30(34)33-5)19-29(32)27-17-16-23(20-31(4)25-13-8-7-9-14-25)18-28(27)26-15-11-10-12-21(26)2/h10-12,15-18,22,24-25H,6-9,13-14,19-20H2,1-5H3. The molecule has 0 aliphatic heterocycles. The van der Waals surface area contributed by atoms with Crippen LogP contribution < -0.4 is 0 Å². The van der Waals surface area contributed by atoms with E-state index in [1.807, 2.05) is 0 Å². The molecular weight excluding hydrogens is 438 g/mol. The summed E-state index contributed by atoms with van der Waals surface area (Å²) >= 11 is 5.38. The zero-order chi connectivity index (χ0) is 24.7. The number of Topliss-reactive ketones (excluding diaryl/α,β-unsaturated/α-hetero) is 1. The Balaban J connectivity index is 1.91. The first kappa shape index (κ1) is 26.6. The predicted molar refractivity (Wildman–Crippen MR) is 146 cm³/mol. The van der Waals surface area contributed by atoms with Crippen molar-refractivity contribution in [3.8, 4) is 11.1 Å². The van der Waals surface area contributed by atoms with Gasteiger partial charge < -0.3 is 4.74 Å². The van der Waals surface area contributed by atoms with Crippen LogP contribution in [-0.2, 0) is 11.3 Å². The predicted octanol–water partition coefficient (Wildman–Crippen LogP) is 7.64. The molecule has 0 aromatic heterocycles. The van der Waals surface area contributed by atoms with E-state index in [1.165, 1.54) is 43.2 Å². The molecule has 1 fully saturated rings. The number of benzene rings is 2. The Bertz CT molecular complexity index is 980. The number of methoxy groups -OCH3 is 1. The number of rotatable bonds is 10. The third kappa shape index (κ3) is 6.55. The average molecular weight is 480 g/mol. The first-order chi connectivity index (χ1) is 16.3. The van der Waals surface area contributed by atoms with Crippen LogP contribution in [0.25, 0.3) is 11.1 Å². The van der Waals surface area contributed by atoms with Gasteiger partial charge in [-0.15, -0.1) is 0 Å². The van der Waals surface area contributed by atoms with Crippen LogP contribution in [0.5, 0.6) is 0 Å². The SMILES string of the molecule is CCC(CC(=O)c1ccc(CN(C)C2CCCCC2)cc1-c1ccccc1C)C(C)C(=S)OC. The highest BCUT2D eigenvalue weighted by atomic mass is 32.1. The van der Waals surface area contributed by atoms with Crippen LogP contribution >= 0.6 is 12.2 Å². The Hall–Kier alpha value is -2.04. The van der Waals surface area contributed by atoms with Gasteiger partial charge >= 0.3 is 0 Å². The number of aryl methyl sites for hydroxylation is 1. The molecule has 0 heterocycles. The van der Waals surface area contributed by atoms with Gasteiger partial charge in [0.15, 0.2) is 10.8 Å². The quantitative estimate of drug-likeness (QED) is 0.259. The minimum absolute atomic E-state index is 0.0688. The number of carbonyl (C=O) groups excluding carboxylic acids is 1. The van der Waals surface area contributed by atoms with Crippen LogP contribution in [0, 0.1) is 18.8 Å². The lowest BCUT2D eigenvalue weighted by Gasteiger charge is -2.31. The van der Waals surface area contributed by atoms with Crippen molar-refractivity contribution in [2.75, 3.05) is 14.2 Å². The van der Waals surface area contributed by atoms with E-state index in [1.54, 1.807) is 7.11 Å². The van der Waals surface area contributed by atoms with Crippen molar-refractivity contribution in [2.24, 2.45) is 11.8 Å². The summed E-state index contributed by atoms with van der Waals surface area (Å²) in [5.41, 5.74) is 5.46. The summed E-state index contributed by atoms with van der Waals surface area (Å²) in [7, 11) is 3.86. The number of nitrogens with zero attached hydrogens (tertiary/aromatic N) is 1. The van der Waals surface area contributed by atoms with Gasteiger partial charge in [-0.3, -0.25) is 9.69 Å². The van der Waals surface area contributed by atoms with Crippen LogP contribution in [0.1, 0.15) is 80.3 Å². The average Bonchev–Trinajstić information content (AvgIpc) is 2.87. The van der Waals surface area contributed by atoms with Crippen LogP contribution in [-0.4, -0.2) is 35.9 Å². The van der Waals surface area contributed by atoms with Crippen LogP contribution in [0.15, 0.2) is 42.5 Å². The number of thiocarbonyl (C=S) groups is 1.